The van der Waals surface area contributed by atoms with E-state index in [1.165, 1.54) is 19.4 Å². The molecule has 0 aromatic carbocycles. The zero-order chi connectivity index (χ0) is 7.98. The molecular weight excluding hydrogens is 122 g/mol. The van der Waals surface area contributed by atoms with Crippen molar-refractivity contribution in [1.82, 2.24) is 5.32 Å². The maximum atomic E-state index is 3.19. The van der Waals surface area contributed by atoms with Gasteiger partial charge in [-0.3, -0.25) is 0 Å². The van der Waals surface area contributed by atoms with Gasteiger partial charge in [0.05, 0.1) is 0 Å². The number of hydrogen-bond donors (Lipinski definition) is 1. The molecule has 0 unspecified atom stereocenters. The fourth-order valence-electron chi connectivity index (χ4n) is 1.52. The van der Waals surface area contributed by atoms with E-state index in [0.717, 1.165) is 11.8 Å². The van der Waals surface area contributed by atoms with Crippen LogP contribution >= 0.6 is 0 Å². The average molecular weight is 143 g/mol. The number of nitrogens with one attached hydrogen (secondary N) is 1. The largest absolute Gasteiger partial charge is 0.319 e. The molecule has 10 heavy (non-hydrogen) atoms. The first-order valence-corrected chi connectivity index (χ1v) is 4.47. The van der Waals surface area contributed by atoms with Gasteiger partial charge in [-0.05, 0) is 38.3 Å². The molecule has 0 aliphatic heterocycles. The van der Waals surface area contributed by atoms with E-state index in [4.69, 9.17) is 0 Å². The van der Waals surface area contributed by atoms with E-state index < -0.39 is 0 Å². The number of hydrogen-bond acceptors (Lipinski definition) is 1. The Balaban J connectivity index is 0.000000371. The molecule has 1 nitrogen and oxygen atoms in total. The van der Waals surface area contributed by atoms with Crippen LogP contribution < -0.4 is 5.32 Å². The molecule has 0 aromatic rings. The molecule has 0 saturated heterocycles. The highest BCUT2D eigenvalue weighted by Gasteiger charge is 2.23. The lowest BCUT2D eigenvalue weighted by Crippen LogP contribution is -2.29. The molecule has 1 saturated carbocycles. The minimum atomic E-state index is 0.995. The molecule has 0 radical (unpaired) electrons. The van der Waals surface area contributed by atoms with E-state index in [-0.39, 0.29) is 0 Å². The van der Waals surface area contributed by atoms with Crippen LogP contribution in [0.4, 0.5) is 0 Å². The van der Waals surface area contributed by atoms with Crippen LogP contribution in [0.5, 0.6) is 0 Å². The molecule has 0 amide bonds. The Labute approximate surface area is 65.2 Å². The third-order valence-electron chi connectivity index (χ3n) is 1.96. The summed E-state index contributed by atoms with van der Waals surface area (Å²) in [7, 11) is 2.03. The first-order valence-electron chi connectivity index (χ1n) is 4.47. The lowest BCUT2D eigenvalue weighted by Gasteiger charge is -2.32. The monoisotopic (exact) mass is 143 g/mol. The topological polar surface area (TPSA) is 12.0 Å². The molecule has 62 valence electrons. The van der Waals surface area contributed by atoms with Crippen molar-refractivity contribution in [3.05, 3.63) is 0 Å². The van der Waals surface area contributed by atoms with Gasteiger partial charge >= 0.3 is 0 Å². The summed E-state index contributed by atoms with van der Waals surface area (Å²) in [5, 5.41) is 3.19. The summed E-state index contributed by atoms with van der Waals surface area (Å²) in [5.74, 6) is 2.00. The van der Waals surface area contributed by atoms with Crippen molar-refractivity contribution in [3.63, 3.8) is 0 Å². The Morgan fingerprint density at radius 3 is 2.10 bits per heavy atom. The molecule has 0 aromatic heterocycles. The minimum Gasteiger partial charge on any atom is -0.319 e. The van der Waals surface area contributed by atoms with E-state index in [1.54, 1.807) is 0 Å². The van der Waals surface area contributed by atoms with Crippen molar-refractivity contribution in [2.75, 3.05) is 13.6 Å². The highest BCUT2D eigenvalue weighted by Crippen LogP contribution is 2.31. The third-order valence-corrected chi connectivity index (χ3v) is 1.96. The van der Waals surface area contributed by atoms with Gasteiger partial charge in [0.15, 0.2) is 0 Å². The predicted molar refractivity (Wildman–Crippen MR) is 47.2 cm³/mol. The highest BCUT2D eigenvalue weighted by molar-refractivity contribution is 4.76. The van der Waals surface area contributed by atoms with E-state index in [9.17, 15) is 0 Å². The van der Waals surface area contributed by atoms with Gasteiger partial charge in [0.2, 0.25) is 0 Å². The first-order chi connectivity index (χ1) is 4.83. The minimum absolute atomic E-state index is 0.995. The second kappa shape index (κ2) is 5.72. The van der Waals surface area contributed by atoms with Crippen LogP contribution in [0.25, 0.3) is 0 Å². The van der Waals surface area contributed by atoms with Gasteiger partial charge in [-0.2, -0.15) is 0 Å². The van der Waals surface area contributed by atoms with Crippen molar-refractivity contribution < 1.29 is 0 Å². The molecule has 1 rings (SSSR count). The molecule has 1 N–H and O–H groups in total. The molecular formula is C9H21N. The summed E-state index contributed by atoms with van der Waals surface area (Å²) in [4.78, 5) is 0. The zero-order valence-electron chi connectivity index (χ0n) is 7.78. The highest BCUT2D eigenvalue weighted by atomic mass is 14.8. The Morgan fingerprint density at radius 1 is 1.30 bits per heavy atom. The summed E-state index contributed by atoms with van der Waals surface area (Å²) in [6.45, 7) is 7.55. The molecule has 0 atom stereocenters. The maximum Gasteiger partial charge on any atom is -0.00233 e. The van der Waals surface area contributed by atoms with Crippen LogP contribution in [-0.2, 0) is 0 Å². The van der Waals surface area contributed by atoms with Crippen molar-refractivity contribution >= 4 is 0 Å². The van der Waals surface area contributed by atoms with E-state index in [1.807, 2.05) is 20.9 Å². The molecule has 1 aliphatic rings. The Hall–Kier alpha value is -0.0400. The Morgan fingerprint density at radius 2 is 1.80 bits per heavy atom. The summed E-state index contributed by atoms with van der Waals surface area (Å²) in [5.41, 5.74) is 0. The molecule has 0 spiro atoms. The van der Waals surface area contributed by atoms with E-state index in [2.05, 4.69) is 12.2 Å². The smallest absolute Gasteiger partial charge is 0.00233 e. The quantitative estimate of drug-likeness (QED) is 0.625. The molecule has 1 aliphatic carbocycles. The normalized spacial score (nSPS) is 30.0. The van der Waals surface area contributed by atoms with Gasteiger partial charge in [-0.25, -0.2) is 0 Å². The van der Waals surface area contributed by atoms with Crippen molar-refractivity contribution in [1.29, 1.82) is 0 Å². The zero-order valence-corrected chi connectivity index (χ0v) is 7.78. The maximum absolute atomic E-state index is 3.19. The van der Waals surface area contributed by atoms with Gasteiger partial charge in [0.1, 0.15) is 0 Å². The fraction of sp³-hybridized carbons (Fsp3) is 1.00. The molecule has 0 bridgehead atoms. The van der Waals surface area contributed by atoms with Crippen LogP contribution in [0.1, 0.15) is 33.6 Å². The first kappa shape index (κ1) is 9.96. The van der Waals surface area contributed by atoms with Crippen molar-refractivity contribution in [3.8, 4) is 0 Å². The lowest BCUT2D eigenvalue weighted by atomic mass is 9.76. The molecule has 1 fully saturated rings. The number of rotatable bonds is 2. The van der Waals surface area contributed by atoms with Gasteiger partial charge in [0, 0.05) is 0 Å². The lowest BCUT2D eigenvalue weighted by molar-refractivity contribution is 0.210. The van der Waals surface area contributed by atoms with E-state index in [0.29, 0.717) is 0 Å². The second-order valence-electron chi connectivity index (χ2n) is 3.00. The summed E-state index contributed by atoms with van der Waals surface area (Å²) in [6.07, 6.45) is 2.89. The second-order valence-corrected chi connectivity index (χ2v) is 3.00. The van der Waals surface area contributed by atoms with Crippen LogP contribution in [0, 0.1) is 11.8 Å². The van der Waals surface area contributed by atoms with Crippen LogP contribution in [0.2, 0.25) is 0 Å². The van der Waals surface area contributed by atoms with Gasteiger partial charge < -0.3 is 5.32 Å². The summed E-state index contributed by atoms with van der Waals surface area (Å²) < 4.78 is 0. The predicted octanol–water partition coefficient (Wildman–Crippen LogP) is 2.28. The van der Waals surface area contributed by atoms with Gasteiger partial charge in [-0.1, -0.05) is 20.8 Å². The third kappa shape index (κ3) is 3.21. The summed E-state index contributed by atoms with van der Waals surface area (Å²) >= 11 is 0. The van der Waals surface area contributed by atoms with Crippen LogP contribution in [-0.4, -0.2) is 13.6 Å². The van der Waals surface area contributed by atoms with Gasteiger partial charge in [-0.15, -0.1) is 0 Å². The summed E-state index contributed by atoms with van der Waals surface area (Å²) in [6, 6.07) is 0. The van der Waals surface area contributed by atoms with E-state index >= 15 is 0 Å². The average Bonchev–Trinajstić information content (AvgIpc) is 1.90. The van der Waals surface area contributed by atoms with Crippen molar-refractivity contribution in [2.24, 2.45) is 11.8 Å². The fourth-order valence-corrected chi connectivity index (χ4v) is 1.52. The Kier molecular flexibility index (Phi) is 5.70. The van der Waals surface area contributed by atoms with Crippen LogP contribution in [0.15, 0.2) is 0 Å². The van der Waals surface area contributed by atoms with Gasteiger partial charge in [0.25, 0.3) is 0 Å². The van der Waals surface area contributed by atoms with Crippen molar-refractivity contribution in [2.45, 2.75) is 33.6 Å². The standard InChI is InChI=1S/C7H15N.C2H6/c1-6-3-7(4-6)5-8-2;1-2/h6-8H,3-5H2,1-2H3;1-2H3. The molecule has 0 heterocycles. The Bertz CT molecular complexity index is 62.4. The molecule has 1 heteroatoms. The van der Waals surface area contributed by atoms with Crippen LogP contribution in [0.3, 0.4) is 0 Å². The SMILES string of the molecule is CC.CNCC1CC(C)C1.